The Bertz CT molecular complexity index is 1100. The largest absolute Gasteiger partial charge is 0.481 e. The van der Waals surface area contributed by atoms with Crippen molar-refractivity contribution in [3.05, 3.63) is 0 Å². The van der Waals surface area contributed by atoms with Crippen LogP contribution in [0.2, 0.25) is 0 Å². The molecule has 22 nitrogen and oxygen atoms in total. The second-order valence-electron chi connectivity index (χ2n) is 10.6. The lowest BCUT2D eigenvalue weighted by Gasteiger charge is -2.17. The quantitative estimate of drug-likeness (QED) is 0.0136. The van der Waals surface area contributed by atoms with Crippen molar-refractivity contribution in [2.75, 3.05) is 105 Å². The summed E-state index contributed by atoms with van der Waals surface area (Å²) < 4.78 is 42.7. The van der Waals surface area contributed by atoms with Gasteiger partial charge in [-0.1, -0.05) is 0 Å². The number of guanidine groups is 1. The molecule has 0 aromatic carbocycles. The Balaban J connectivity index is 3.66. The minimum absolute atomic E-state index is 0.0583. The number of ether oxygens (including phenoxy) is 6. The third kappa shape index (κ3) is 35.0. The van der Waals surface area contributed by atoms with E-state index >= 15 is 0 Å². The van der Waals surface area contributed by atoms with Gasteiger partial charge in [0.25, 0.3) is 0 Å². The molecule has 0 heterocycles. The fraction of sp³-hybridized carbons (Fsp3) is 0.793. The van der Waals surface area contributed by atoms with E-state index in [-0.39, 0.29) is 96.8 Å². The summed E-state index contributed by atoms with van der Waals surface area (Å²) in [5, 5.41) is 20.8. The van der Waals surface area contributed by atoms with E-state index in [1.807, 2.05) is 0 Å². The summed E-state index contributed by atoms with van der Waals surface area (Å²) in [6.45, 7) is 5.17. The van der Waals surface area contributed by atoms with Gasteiger partial charge in [0.05, 0.1) is 85.7 Å². The van der Waals surface area contributed by atoms with E-state index in [2.05, 4.69) is 26.3 Å². The van der Waals surface area contributed by atoms with Gasteiger partial charge >= 0.3 is 13.7 Å². The number of hydrogen-bond donors (Lipinski definition) is 9. The summed E-state index contributed by atoms with van der Waals surface area (Å²) in [5.74, 6) is -2.57. The zero-order valence-electron chi connectivity index (χ0n) is 29.6. The van der Waals surface area contributed by atoms with E-state index in [1.54, 1.807) is 5.09 Å². The molecule has 0 rings (SSSR count). The van der Waals surface area contributed by atoms with E-state index in [0.717, 1.165) is 0 Å². The normalized spacial score (nSPS) is 12.2. The summed E-state index contributed by atoms with van der Waals surface area (Å²) in [6, 6.07) is -0.840. The van der Waals surface area contributed by atoms with Crippen molar-refractivity contribution < 1.29 is 71.9 Å². The summed E-state index contributed by atoms with van der Waals surface area (Å²) in [7, 11) is -4.56. The molecule has 0 fully saturated rings. The van der Waals surface area contributed by atoms with E-state index in [0.29, 0.717) is 52.5 Å². The lowest BCUT2D eigenvalue weighted by atomic mass is 10.1. The summed E-state index contributed by atoms with van der Waals surface area (Å²) in [6.07, 6.45) is 0.800. The number of hydrogen-bond acceptors (Lipinski definition) is 13. The number of aliphatic carboxylic acids is 1. The van der Waals surface area contributed by atoms with Crippen LogP contribution in [-0.4, -0.2) is 162 Å². The Hall–Kier alpha value is -3.47. The number of carbonyl (C=O) groups is 5. The molecule has 0 spiro atoms. The molecule has 0 saturated heterocycles. The first-order chi connectivity index (χ1) is 24.8. The second-order valence-corrected chi connectivity index (χ2v) is 11.9. The van der Waals surface area contributed by atoms with Crippen molar-refractivity contribution in [2.45, 2.75) is 45.1 Å². The number of carboxylic acid groups (broad SMARTS) is 1. The van der Waals surface area contributed by atoms with Gasteiger partial charge in [-0.3, -0.25) is 34.1 Å². The molecule has 0 saturated carbocycles. The molecule has 52 heavy (non-hydrogen) atoms. The predicted octanol–water partition coefficient (Wildman–Crippen LogP) is -3.03. The molecule has 302 valence electrons. The summed E-state index contributed by atoms with van der Waals surface area (Å²) in [4.78, 5) is 79.3. The van der Waals surface area contributed by atoms with Crippen LogP contribution in [0.5, 0.6) is 0 Å². The van der Waals surface area contributed by atoms with E-state index in [9.17, 15) is 28.5 Å². The third-order valence-electron chi connectivity index (χ3n) is 6.09. The molecule has 0 unspecified atom stereocenters. The van der Waals surface area contributed by atoms with Gasteiger partial charge in [0.1, 0.15) is 6.04 Å². The van der Waals surface area contributed by atoms with Gasteiger partial charge in [-0.15, -0.1) is 0 Å². The molecule has 0 bridgehead atoms. The molecule has 23 heteroatoms. The topological polar surface area (TPSA) is 317 Å². The number of carboxylic acids is 1. The van der Waals surface area contributed by atoms with Gasteiger partial charge in [0.15, 0.2) is 5.96 Å². The molecule has 0 aromatic heterocycles. The first kappa shape index (κ1) is 48.5. The van der Waals surface area contributed by atoms with E-state index in [1.165, 1.54) is 6.92 Å². The van der Waals surface area contributed by atoms with Crippen molar-refractivity contribution >= 4 is 43.3 Å². The fourth-order valence-corrected chi connectivity index (χ4v) is 4.09. The minimum atomic E-state index is -4.56. The number of rotatable bonds is 34. The van der Waals surface area contributed by atoms with E-state index < -0.39 is 37.5 Å². The van der Waals surface area contributed by atoms with Gasteiger partial charge < -0.3 is 70.3 Å². The molecule has 0 aliphatic carbocycles. The molecule has 1 atom stereocenters. The molecular weight excluding hydrogens is 717 g/mol. The van der Waals surface area contributed by atoms with Crippen molar-refractivity contribution in [1.82, 2.24) is 26.4 Å². The Morgan fingerprint density at radius 1 is 0.673 bits per heavy atom. The van der Waals surface area contributed by atoms with Crippen LogP contribution in [0.1, 0.15) is 39.0 Å². The average molecular weight is 774 g/mol. The van der Waals surface area contributed by atoms with Crippen molar-refractivity contribution in [2.24, 2.45) is 10.7 Å². The molecule has 0 aromatic rings. The second kappa shape index (κ2) is 32.2. The highest BCUT2D eigenvalue weighted by Crippen LogP contribution is 2.27. The fourth-order valence-electron chi connectivity index (χ4n) is 3.72. The van der Waals surface area contributed by atoms with Gasteiger partial charge in [0, 0.05) is 45.9 Å². The number of nitrogens with zero attached hydrogens (tertiary/aromatic N) is 1. The van der Waals surface area contributed by atoms with Crippen LogP contribution >= 0.6 is 7.75 Å². The Morgan fingerprint density at radius 3 is 1.52 bits per heavy atom. The maximum atomic E-state index is 12.4. The minimum Gasteiger partial charge on any atom is -0.481 e. The lowest BCUT2D eigenvalue weighted by Crippen LogP contribution is -2.46. The number of amides is 4. The van der Waals surface area contributed by atoms with Crippen molar-refractivity contribution in [3.8, 4) is 0 Å². The van der Waals surface area contributed by atoms with Gasteiger partial charge in [-0.25, -0.2) is 4.57 Å². The highest BCUT2D eigenvalue weighted by atomic mass is 31.2. The van der Waals surface area contributed by atoms with Gasteiger partial charge in [-0.05, 0) is 12.8 Å². The lowest BCUT2D eigenvalue weighted by molar-refractivity contribution is -0.138. The van der Waals surface area contributed by atoms with Gasteiger partial charge in [0.2, 0.25) is 23.6 Å². The maximum Gasteiger partial charge on any atom is 0.429 e. The Kier molecular flexibility index (Phi) is 30.1. The number of nitrogens with two attached hydrogens (primary N) is 1. The molecule has 10 N–H and O–H groups in total. The van der Waals surface area contributed by atoms with Crippen LogP contribution in [0, 0.1) is 0 Å². The van der Waals surface area contributed by atoms with Crippen molar-refractivity contribution in [3.63, 3.8) is 0 Å². The monoisotopic (exact) mass is 773 g/mol. The number of nitrogens with one attached hydrogen (secondary N) is 5. The summed E-state index contributed by atoms with van der Waals surface area (Å²) >= 11 is 0. The first-order valence-electron chi connectivity index (χ1n) is 16.7. The van der Waals surface area contributed by atoms with Crippen LogP contribution in [0.3, 0.4) is 0 Å². The standard InChI is InChI=1S/C29H56N7O15P/c1-23(37)35-24(3-2-7-34-29(30)36-52(43,44)45)28(42)33-10-16-51-21-18-47-12-5-26(39)31-8-14-49-20-17-46-11-4-25(38)32-9-15-50-22-19-48-13-6-27(40)41/h24H,2-22H2,1H3,(H,31,39)(H,32,38)(H,33,42)(H,35,37)(H,40,41)(H5,30,34,36,43,44,45)/t24-/m0/s1. The van der Waals surface area contributed by atoms with Crippen LogP contribution in [-0.2, 0) is 57.0 Å². The Morgan fingerprint density at radius 2 is 1.10 bits per heavy atom. The molecule has 0 aliphatic heterocycles. The van der Waals surface area contributed by atoms with Crippen LogP contribution in [0.4, 0.5) is 0 Å². The summed E-state index contributed by atoms with van der Waals surface area (Å²) in [5.41, 5.74) is 5.37. The van der Waals surface area contributed by atoms with Crippen molar-refractivity contribution in [1.29, 1.82) is 0 Å². The first-order valence-corrected chi connectivity index (χ1v) is 18.3. The number of carbonyl (C=O) groups excluding carboxylic acids is 4. The maximum absolute atomic E-state index is 12.4. The Labute approximate surface area is 302 Å². The smallest absolute Gasteiger partial charge is 0.429 e. The SMILES string of the molecule is CC(=O)N[C@@H](CCCN=C(N)NP(=O)(O)O)C(=O)NCCOCCOCCC(=O)NCCOCCOCCC(=O)NCCOCCOCCC(=O)O. The predicted molar refractivity (Wildman–Crippen MR) is 184 cm³/mol. The zero-order chi connectivity index (χ0) is 38.9. The zero-order valence-corrected chi connectivity index (χ0v) is 30.5. The molecular formula is C29H56N7O15P. The van der Waals surface area contributed by atoms with Gasteiger partial charge in [-0.2, -0.15) is 0 Å². The highest BCUT2D eigenvalue weighted by molar-refractivity contribution is 7.50. The average Bonchev–Trinajstić information content (AvgIpc) is 3.06. The highest BCUT2D eigenvalue weighted by Gasteiger charge is 2.19. The van der Waals surface area contributed by atoms with Crippen LogP contribution in [0.15, 0.2) is 4.99 Å². The third-order valence-corrected chi connectivity index (χ3v) is 6.61. The molecule has 4 amide bonds. The molecule has 0 radical (unpaired) electrons. The van der Waals surface area contributed by atoms with Crippen LogP contribution < -0.4 is 32.1 Å². The van der Waals surface area contributed by atoms with E-state index in [4.69, 9.17) is 49.0 Å². The van der Waals surface area contributed by atoms with Crippen LogP contribution in [0.25, 0.3) is 0 Å². The molecule has 0 aliphatic rings. The number of aliphatic imine (C=N–C) groups is 1.